The topological polar surface area (TPSA) is 12.0 Å². The van der Waals surface area contributed by atoms with Gasteiger partial charge < -0.3 is 5.32 Å². The maximum Gasteiger partial charge on any atom is 0.123 e. The SMILES string of the molecule is Fc1c[c]c(Nc2ccccc2)cc1. The van der Waals surface area contributed by atoms with E-state index in [1.54, 1.807) is 6.07 Å². The smallest absolute Gasteiger partial charge is 0.123 e. The van der Waals surface area contributed by atoms with E-state index >= 15 is 0 Å². The van der Waals surface area contributed by atoms with Gasteiger partial charge in [0.15, 0.2) is 0 Å². The van der Waals surface area contributed by atoms with Crippen LogP contribution in [-0.2, 0) is 0 Å². The first-order chi connectivity index (χ1) is 6.84. The molecule has 2 aromatic rings. The fraction of sp³-hybridized carbons (Fsp3) is 0. The minimum Gasteiger partial charge on any atom is -0.355 e. The third-order valence-corrected chi connectivity index (χ3v) is 1.83. The van der Waals surface area contributed by atoms with Gasteiger partial charge in [-0.2, -0.15) is 0 Å². The van der Waals surface area contributed by atoms with Gasteiger partial charge in [-0.3, -0.25) is 0 Å². The van der Waals surface area contributed by atoms with E-state index in [9.17, 15) is 4.39 Å². The molecule has 14 heavy (non-hydrogen) atoms. The van der Waals surface area contributed by atoms with Crippen LogP contribution in [-0.4, -0.2) is 0 Å². The normalized spacial score (nSPS) is 9.79. The molecule has 1 nitrogen and oxygen atoms in total. The molecule has 0 bridgehead atoms. The predicted octanol–water partition coefficient (Wildman–Crippen LogP) is 3.37. The average molecular weight is 186 g/mol. The van der Waals surface area contributed by atoms with Crippen LogP contribution in [0.5, 0.6) is 0 Å². The summed E-state index contributed by atoms with van der Waals surface area (Å²) in [7, 11) is 0. The van der Waals surface area contributed by atoms with E-state index in [2.05, 4.69) is 11.4 Å². The molecule has 0 atom stereocenters. The summed E-state index contributed by atoms with van der Waals surface area (Å²) in [6.07, 6.45) is 0. The molecule has 0 aromatic heterocycles. The number of benzene rings is 2. The molecule has 0 saturated carbocycles. The second-order valence-corrected chi connectivity index (χ2v) is 2.91. The van der Waals surface area contributed by atoms with Crippen molar-refractivity contribution >= 4 is 11.4 Å². The van der Waals surface area contributed by atoms with Crippen molar-refractivity contribution in [1.82, 2.24) is 0 Å². The lowest BCUT2D eigenvalue weighted by atomic mass is 10.2. The molecule has 0 amide bonds. The van der Waals surface area contributed by atoms with Crippen molar-refractivity contribution < 1.29 is 4.39 Å². The minimum absolute atomic E-state index is 0.274. The summed E-state index contributed by atoms with van der Waals surface area (Å²) in [5.74, 6) is -0.274. The molecule has 2 rings (SSSR count). The van der Waals surface area contributed by atoms with Crippen molar-refractivity contribution in [2.24, 2.45) is 0 Å². The van der Waals surface area contributed by atoms with E-state index in [-0.39, 0.29) is 5.82 Å². The Morgan fingerprint density at radius 3 is 2.43 bits per heavy atom. The third-order valence-electron chi connectivity index (χ3n) is 1.83. The molecule has 69 valence electrons. The molecule has 1 N–H and O–H groups in total. The zero-order valence-electron chi connectivity index (χ0n) is 7.50. The monoisotopic (exact) mass is 186 g/mol. The first-order valence-electron chi connectivity index (χ1n) is 4.34. The van der Waals surface area contributed by atoms with Crippen LogP contribution in [0.3, 0.4) is 0 Å². The summed E-state index contributed by atoms with van der Waals surface area (Å²) in [5, 5.41) is 3.11. The maximum absolute atomic E-state index is 12.6. The van der Waals surface area contributed by atoms with Crippen molar-refractivity contribution in [3.05, 3.63) is 60.4 Å². The van der Waals surface area contributed by atoms with Gasteiger partial charge in [-0.15, -0.1) is 0 Å². The molecule has 2 heteroatoms. The molecule has 0 aliphatic rings. The van der Waals surface area contributed by atoms with Crippen molar-refractivity contribution in [2.45, 2.75) is 0 Å². The van der Waals surface area contributed by atoms with Gasteiger partial charge in [0.05, 0.1) is 0 Å². The highest BCUT2D eigenvalue weighted by Gasteiger charge is 1.93. The van der Waals surface area contributed by atoms with Gasteiger partial charge >= 0.3 is 0 Å². The molecule has 0 saturated heterocycles. The standard InChI is InChI=1S/C12H9FN/c13-10-6-8-12(9-7-10)14-11-4-2-1-3-5-11/h1-8,14H. The zero-order chi connectivity index (χ0) is 9.80. The molecular formula is C12H9FN. The van der Waals surface area contributed by atoms with Crippen LogP contribution in [0.25, 0.3) is 0 Å². The molecule has 0 fully saturated rings. The van der Waals surface area contributed by atoms with Crippen molar-refractivity contribution in [3.63, 3.8) is 0 Å². The van der Waals surface area contributed by atoms with Gasteiger partial charge in [0.1, 0.15) is 5.82 Å². The fourth-order valence-corrected chi connectivity index (χ4v) is 1.16. The van der Waals surface area contributed by atoms with E-state index < -0.39 is 0 Å². The van der Waals surface area contributed by atoms with Crippen molar-refractivity contribution in [3.8, 4) is 0 Å². The summed E-state index contributed by atoms with van der Waals surface area (Å²) >= 11 is 0. The van der Waals surface area contributed by atoms with Crippen LogP contribution < -0.4 is 5.32 Å². The second-order valence-electron chi connectivity index (χ2n) is 2.91. The van der Waals surface area contributed by atoms with E-state index in [4.69, 9.17) is 0 Å². The number of para-hydroxylation sites is 1. The van der Waals surface area contributed by atoms with Crippen LogP contribution in [0.2, 0.25) is 0 Å². The number of anilines is 2. The Hall–Kier alpha value is -1.83. The molecule has 0 unspecified atom stereocenters. The first kappa shape index (κ1) is 8.75. The summed E-state index contributed by atoms with van der Waals surface area (Å²) in [6, 6.07) is 16.9. The van der Waals surface area contributed by atoms with Crippen molar-refractivity contribution in [2.75, 3.05) is 5.32 Å². The number of nitrogens with one attached hydrogen (secondary N) is 1. The number of halogens is 1. The number of rotatable bonds is 2. The number of hydrogen-bond donors (Lipinski definition) is 1. The molecule has 0 aliphatic carbocycles. The molecule has 2 aromatic carbocycles. The lowest BCUT2D eigenvalue weighted by Crippen LogP contribution is -1.89. The van der Waals surface area contributed by atoms with E-state index in [1.165, 1.54) is 12.1 Å². The first-order valence-corrected chi connectivity index (χ1v) is 4.34. The lowest BCUT2D eigenvalue weighted by Gasteiger charge is -2.04. The summed E-state index contributed by atoms with van der Waals surface area (Å²) in [6.45, 7) is 0. The molecule has 0 spiro atoms. The highest BCUT2D eigenvalue weighted by atomic mass is 19.1. The predicted molar refractivity (Wildman–Crippen MR) is 55.0 cm³/mol. The van der Waals surface area contributed by atoms with Crippen LogP contribution in [0.4, 0.5) is 15.8 Å². The van der Waals surface area contributed by atoms with Gasteiger partial charge in [0.25, 0.3) is 0 Å². The van der Waals surface area contributed by atoms with Crippen LogP contribution in [0, 0.1) is 11.9 Å². The Labute approximate surface area is 82.2 Å². The Bertz CT molecular complexity index is 394. The quantitative estimate of drug-likeness (QED) is 0.758. The van der Waals surface area contributed by atoms with Crippen molar-refractivity contribution in [1.29, 1.82) is 0 Å². The zero-order valence-corrected chi connectivity index (χ0v) is 7.50. The third kappa shape index (κ3) is 2.10. The average Bonchev–Trinajstić information content (AvgIpc) is 2.23. The van der Waals surface area contributed by atoms with Crippen LogP contribution in [0.1, 0.15) is 0 Å². The van der Waals surface area contributed by atoms with E-state index in [1.807, 2.05) is 30.3 Å². The van der Waals surface area contributed by atoms with Gasteiger partial charge in [-0.1, -0.05) is 18.2 Å². The number of hydrogen-bond acceptors (Lipinski definition) is 1. The largest absolute Gasteiger partial charge is 0.355 e. The van der Waals surface area contributed by atoms with E-state index in [0.717, 1.165) is 11.4 Å². The van der Waals surface area contributed by atoms with Crippen LogP contribution >= 0.6 is 0 Å². The van der Waals surface area contributed by atoms with E-state index in [0.29, 0.717) is 0 Å². The van der Waals surface area contributed by atoms with Crippen LogP contribution in [0.15, 0.2) is 48.5 Å². The lowest BCUT2D eigenvalue weighted by molar-refractivity contribution is 0.628. The molecular weight excluding hydrogens is 177 g/mol. The molecule has 0 aliphatic heterocycles. The Kier molecular flexibility index (Phi) is 2.45. The highest BCUT2D eigenvalue weighted by Crippen LogP contribution is 2.15. The van der Waals surface area contributed by atoms with Gasteiger partial charge in [-0.05, 0) is 30.3 Å². The molecule has 1 radical (unpaired) electrons. The summed E-state index contributed by atoms with van der Waals surface area (Å²) in [5.41, 5.74) is 1.73. The Balaban J connectivity index is 2.16. The van der Waals surface area contributed by atoms with Gasteiger partial charge in [0, 0.05) is 17.4 Å². The maximum atomic E-state index is 12.6. The second kappa shape index (κ2) is 3.92. The van der Waals surface area contributed by atoms with Gasteiger partial charge in [-0.25, -0.2) is 4.39 Å². The Morgan fingerprint density at radius 1 is 1.00 bits per heavy atom. The fourth-order valence-electron chi connectivity index (χ4n) is 1.16. The van der Waals surface area contributed by atoms with Gasteiger partial charge in [0.2, 0.25) is 0 Å². The highest BCUT2D eigenvalue weighted by molar-refractivity contribution is 5.58. The summed E-state index contributed by atoms with van der Waals surface area (Å²) < 4.78 is 12.6. The summed E-state index contributed by atoms with van der Waals surface area (Å²) in [4.78, 5) is 0. The Morgan fingerprint density at radius 2 is 1.79 bits per heavy atom. The minimum atomic E-state index is -0.274. The molecule has 0 heterocycles.